The third kappa shape index (κ3) is 2.46. The summed E-state index contributed by atoms with van der Waals surface area (Å²) in [5.74, 6) is 1.77. The fourth-order valence-electron chi connectivity index (χ4n) is 3.09. The Bertz CT molecular complexity index is 820. The molecule has 0 N–H and O–H groups in total. The molecule has 1 aliphatic rings. The van der Waals surface area contributed by atoms with Gasteiger partial charge < -0.3 is 14.2 Å². The molecule has 2 aromatic carbocycles. The number of benzene rings is 2. The third-order valence-electron chi connectivity index (χ3n) is 4.21. The number of anilines is 1. The summed E-state index contributed by atoms with van der Waals surface area (Å²) in [7, 11) is 0. The molecule has 116 valence electrons. The lowest BCUT2D eigenvalue weighted by Gasteiger charge is -2.17. The molecule has 0 spiro atoms. The molecule has 0 amide bonds. The highest BCUT2D eigenvalue weighted by Crippen LogP contribution is 2.39. The van der Waals surface area contributed by atoms with Crippen LogP contribution in [0.5, 0.6) is 5.75 Å². The number of nitrogens with zero attached hydrogens (tertiary/aromatic N) is 2. The number of ether oxygens (including phenoxy) is 1. The van der Waals surface area contributed by atoms with Crippen LogP contribution in [-0.4, -0.2) is 11.9 Å². The molecule has 1 aliphatic heterocycles. The first kappa shape index (κ1) is 13.9. The van der Waals surface area contributed by atoms with Crippen LogP contribution in [0, 0.1) is 13.8 Å². The quantitative estimate of drug-likeness (QED) is 0.722. The van der Waals surface area contributed by atoms with E-state index in [9.17, 15) is 0 Å². The van der Waals surface area contributed by atoms with Crippen LogP contribution in [0.3, 0.4) is 0 Å². The largest absolute Gasteiger partial charge is 0.471 e. The van der Waals surface area contributed by atoms with Crippen molar-refractivity contribution in [2.75, 3.05) is 11.6 Å². The molecule has 3 aromatic rings. The van der Waals surface area contributed by atoms with Gasteiger partial charge in [-0.05, 0) is 37.1 Å². The number of hydrogen-bond acceptors (Lipinski definition) is 4. The zero-order valence-corrected chi connectivity index (χ0v) is 13.2. The highest BCUT2D eigenvalue weighted by Gasteiger charge is 2.22. The maximum Gasteiger partial charge on any atom is 0.162 e. The van der Waals surface area contributed by atoms with Gasteiger partial charge in [-0.15, -0.1) is 0 Å². The molecule has 0 saturated heterocycles. The molecule has 0 atom stereocenters. The number of aromatic nitrogens is 1. The van der Waals surface area contributed by atoms with Gasteiger partial charge in [-0.1, -0.05) is 41.6 Å². The molecule has 4 heteroatoms. The Morgan fingerprint density at radius 2 is 1.91 bits per heavy atom. The van der Waals surface area contributed by atoms with Crippen molar-refractivity contribution in [2.24, 2.45) is 0 Å². The summed E-state index contributed by atoms with van der Waals surface area (Å²) >= 11 is 0. The second-order valence-electron chi connectivity index (χ2n) is 5.84. The van der Waals surface area contributed by atoms with Gasteiger partial charge in [0.15, 0.2) is 6.73 Å². The van der Waals surface area contributed by atoms with Gasteiger partial charge in [0.25, 0.3) is 0 Å². The van der Waals surface area contributed by atoms with Crippen LogP contribution >= 0.6 is 0 Å². The van der Waals surface area contributed by atoms with E-state index in [-0.39, 0.29) is 0 Å². The van der Waals surface area contributed by atoms with Gasteiger partial charge in [0.05, 0.1) is 11.4 Å². The van der Waals surface area contributed by atoms with E-state index in [0.717, 1.165) is 40.6 Å². The fraction of sp³-hybridized carbons (Fsp3) is 0.211. The van der Waals surface area contributed by atoms with Gasteiger partial charge in [0.2, 0.25) is 0 Å². The van der Waals surface area contributed by atoms with E-state index in [1.807, 2.05) is 26.0 Å². The predicted molar refractivity (Wildman–Crippen MR) is 89.5 cm³/mol. The Hall–Kier alpha value is -2.75. The summed E-state index contributed by atoms with van der Waals surface area (Å²) in [6.45, 7) is 5.33. The standard InChI is InChI=1S/C19H18N2O2/c1-13-19(14(2)23-20-13)16-8-9-18-17(10-16)21(12-22-18)11-15-6-4-3-5-7-15/h3-10H,11-12H2,1-2H3. The Morgan fingerprint density at radius 3 is 2.65 bits per heavy atom. The molecule has 1 aromatic heterocycles. The molecule has 0 aliphatic carbocycles. The van der Waals surface area contributed by atoms with E-state index < -0.39 is 0 Å². The van der Waals surface area contributed by atoms with E-state index in [1.54, 1.807) is 0 Å². The van der Waals surface area contributed by atoms with Crippen molar-refractivity contribution >= 4 is 5.69 Å². The Kier molecular flexibility index (Phi) is 3.30. The average molecular weight is 306 g/mol. The lowest BCUT2D eigenvalue weighted by Crippen LogP contribution is -2.21. The molecule has 0 bridgehead atoms. The molecular weight excluding hydrogens is 288 g/mol. The number of fused-ring (bicyclic) bond motifs is 1. The summed E-state index contributed by atoms with van der Waals surface area (Å²) in [5, 5.41) is 4.05. The van der Waals surface area contributed by atoms with E-state index in [4.69, 9.17) is 9.26 Å². The molecular formula is C19H18N2O2. The van der Waals surface area contributed by atoms with Crippen LogP contribution in [-0.2, 0) is 6.54 Å². The minimum absolute atomic E-state index is 0.579. The van der Waals surface area contributed by atoms with Gasteiger partial charge in [-0.2, -0.15) is 0 Å². The predicted octanol–water partition coefficient (Wildman–Crippen LogP) is 4.31. The monoisotopic (exact) mass is 306 g/mol. The first-order chi connectivity index (χ1) is 11.2. The molecule has 23 heavy (non-hydrogen) atoms. The SMILES string of the molecule is Cc1noc(C)c1-c1ccc2c(c1)N(Cc1ccccc1)CO2. The number of hydrogen-bond donors (Lipinski definition) is 0. The van der Waals surface area contributed by atoms with E-state index in [1.165, 1.54) is 5.56 Å². The van der Waals surface area contributed by atoms with Gasteiger partial charge in [0, 0.05) is 12.1 Å². The van der Waals surface area contributed by atoms with Gasteiger partial charge in [0.1, 0.15) is 11.5 Å². The van der Waals surface area contributed by atoms with Crippen molar-refractivity contribution in [3.05, 3.63) is 65.5 Å². The van der Waals surface area contributed by atoms with Crippen LogP contribution in [0.2, 0.25) is 0 Å². The molecule has 0 saturated carbocycles. The number of rotatable bonds is 3. The summed E-state index contributed by atoms with van der Waals surface area (Å²) < 4.78 is 11.1. The molecule has 4 rings (SSSR count). The normalized spacial score (nSPS) is 13.0. The second kappa shape index (κ2) is 5.47. The van der Waals surface area contributed by atoms with E-state index in [0.29, 0.717) is 6.73 Å². The smallest absolute Gasteiger partial charge is 0.162 e. The first-order valence-corrected chi connectivity index (χ1v) is 7.71. The molecule has 0 radical (unpaired) electrons. The molecule has 0 unspecified atom stereocenters. The van der Waals surface area contributed by atoms with Crippen molar-refractivity contribution in [1.29, 1.82) is 0 Å². The lowest BCUT2D eigenvalue weighted by atomic mass is 10.0. The maximum absolute atomic E-state index is 5.80. The molecule has 2 heterocycles. The fourth-order valence-corrected chi connectivity index (χ4v) is 3.09. The van der Waals surface area contributed by atoms with Gasteiger partial charge >= 0.3 is 0 Å². The van der Waals surface area contributed by atoms with E-state index >= 15 is 0 Å². The van der Waals surface area contributed by atoms with Crippen molar-refractivity contribution in [1.82, 2.24) is 5.16 Å². The topological polar surface area (TPSA) is 38.5 Å². The van der Waals surface area contributed by atoms with Crippen LogP contribution in [0.25, 0.3) is 11.1 Å². The highest BCUT2D eigenvalue weighted by molar-refractivity contribution is 5.75. The van der Waals surface area contributed by atoms with Crippen molar-refractivity contribution in [3.63, 3.8) is 0 Å². The van der Waals surface area contributed by atoms with Crippen LogP contribution in [0.15, 0.2) is 53.1 Å². The van der Waals surface area contributed by atoms with Crippen molar-refractivity contribution < 1.29 is 9.26 Å². The summed E-state index contributed by atoms with van der Waals surface area (Å²) in [6.07, 6.45) is 0. The van der Waals surface area contributed by atoms with Crippen LogP contribution < -0.4 is 9.64 Å². The van der Waals surface area contributed by atoms with Crippen molar-refractivity contribution in [3.8, 4) is 16.9 Å². The van der Waals surface area contributed by atoms with Crippen molar-refractivity contribution in [2.45, 2.75) is 20.4 Å². The highest BCUT2D eigenvalue weighted by atomic mass is 16.5. The summed E-state index contributed by atoms with van der Waals surface area (Å²) in [6, 6.07) is 16.7. The number of aryl methyl sites for hydroxylation is 2. The zero-order chi connectivity index (χ0) is 15.8. The average Bonchev–Trinajstić information content (AvgIpc) is 3.12. The minimum atomic E-state index is 0.579. The second-order valence-corrected chi connectivity index (χ2v) is 5.84. The van der Waals surface area contributed by atoms with Gasteiger partial charge in [-0.3, -0.25) is 0 Å². The zero-order valence-electron chi connectivity index (χ0n) is 13.2. The van der Waals surface area contributed by atoms with Gasteiger partial charge in [-0.25, -0.2) is 0 Å². The maximum atomic E-state index is 5.80. The Morgan fingerprint density at radius 1 is 1.09 bits per heavy atom. The minimum Gasteiger partial charge on any atom is -0.471 e. The Labute approximate surface area is 135 Å². The third-order valence-corrected chi connectivity index (χ3v) is 4.21. The van der Waals surface area contributed by atoms with Crippen LogP contribution in [0.4, 0.5) is 5.69 Å². The first-order valence-electron chi connectivity index (χ1n) is 7.71. The molecule has 4 nitrogen and oxygen atoms in total. The summed E-state index contributed by atoms with van der Waals surface area (Å²) in [4.78, 5) is 2.24. The summed E-state index contributed by atoms with van der Waals surface area (Å²) in [5.41, 5.74) is 5.48. The van der Waals surface area contributed by atoms with E-state index in [2.05, 4.69) is 46.5 Å². The Balaban J connectivity index is 1.69. The van der Waals surface area contributed by atoms with Crippen LogP contribution in [0.1, 0.15) is 17.0 Å². The lowest BCUT2D eigenvalue weighted by molar-refractivity contribution is 0.345. The molecule has 0 fully saturated rings.